The SMILES string of the molecule is NCc1ccc(C(=O)Nc2ccncc2)cc1N. The molecular formula is C13H14N4O. The van der Waals surface area contributed by atoms with E-state index in [2.05, 4.69) is 10.3 Å². The number of nitrogens with two attached hydrogens (primary N) is 2. The number of carbonyl (C=O) groups is 1. The fourth-order valence-electron chi connectivity index (χ4n) is 1.56. The highest BCUT2D eigenvalue weighted by Gasteiger charge is 2.07. The third-order valence-corrected chi connectivity index (χ3v) is 2.57. The molecular weight excluding hydrogens is 228 g/mol. The van der Waals surface area contributed by atoms with Gasteiger partial charge in [0.15, 0.2) is 0 Å². The minimum absolute atomic E-state index is 0.212. The number of anilines is 2. The first-order valence-corrected chi connectivity index (χ1v) is 5.50. The molecule has 0 atom stereocenters. The minimum atomic E-state index is -0.212. The second-order valence-corrected chi connectivity index (χ2v) is 3.81. The Balaban J connectivity index is 2.17. The lowest BCUT2D eigenvalue weighted by Gasteiger charge is -2.07. The summed E-state index contributed by atoms with van der Waals surface area (Å²) >= 11 is 0. The van der Waals surface area contributed by atoms with Crippen LogP contribution in [-0.2, 0) is 6.54 Å². The summed E-state index contributed by atoms with van der Waals surface area (Å²) in [6.07, 6.45) is 3.23. The van der Waals surface area contributed by atoms with E-state index in [4.69, 9.17) is 11.5 Å². The van der Waals surface area contributed by atoms with Crippen LogP contribution in [0.3, 0.4) is 0 Å². The van der Waals surface area contributed by atoms with Crippen LogP contribution in [0.15, 0.2) is 42.7 Å². The summed E-state index contributed by atoms with van der Waals surface area (Å²) < 4.78 is 0. The van der Waals surface area contributed by atoms with Gasteiger partial charge in [0.25, 0.3) is 5.91 Å². The smallest absolute Gasteiger partial charge is 0.255 e. The van der Waals surface area contributed by atoms with Crippen LogP contribution in [0.2, 0.25) is 0 Å². The zero-order chi connectivity index (χ0) is 13.0. The van der Waals surface area contributed by atoms with Crippen molar-refractivity contribution in [1.29, 1.82) is 0 Å². The summed E-state index contributed by atoms with van der Waals surface area (Å²) in [7, 11) is 0. The average Bonchev–Trinajstić information content (AvgIpc) is 2.39. The van der Waals surface area contributed by atoms with E-state index in [-0.39, 0.29) is 5.91 Å². The molecule has 18 heavy (non-hydrogen) atoms. The van der Waals surface area contributed by atoms with Gasteiger partial charge in [-0.25, -0.2) is 0 Å². The maximum atomic E-state index is 11.9. The standard InChI is InChI=1S/C13H14N4O/c14-8-10-2-1-9(7-12(10)15)13(18)17-11-3-5-16-6-4-11/h1-7H,8,14-15H2,(H,16,17,18). The average molecular weight is 242 g/mol. The molecule has 2 aromatic rings. The zero-order valence-electron chi connectivity index (χ0n) is 9.76. The van der Waals surface area contributed by atoms with E-state index in [9.17, 15) is 4.79 Å². The van der Waals surface area contributed by atoms with Crippen molar-refractivity contribution in [2.24, 2.45) is 5.73 Å². The molecule has 0 saturated heterocycles. The molecule has 92 valence electrons. The molecule has 0 bridgehead atoms. The van der Waals surface area contributed by atoms with Crippen molar-refractivity contribution in [3.05, 3.63) is 53.9 Å². The molecule has 0 aliphatic carbocycles. The first-order valence-electron chi connectivity index (χ1n) is 5.50. The number of aromatic nitrogens is 1. The zero-order valence-corrected chi connectivity index (χ0v) is 9.76. The Kier molecular flexibility index (Phi) is 3.54. The highest BCUT2D eigenvalue weighted by molar-refractivity contribution is 6.04. The molecule has 1 aromatic heterocycles. The van der Waals surface area contributed by atoms with Gasteiger partial charge in [0, 0.05) is 35.9 Å². The van der Waals surface area contributed by atoms with E-state index < -0.39 is 0 Å². The highest BCUT2D eigenvalue weighted by atomic mass is 16.1. The van der Waals surface area contributed by atoms with Gasteiger partial charge in [-0.05, 0) is 29.8 Å². The van der Waals surface area contributed by atoms with Crippen molar-refractivity contribution < 1.29 is 4.79 Å². The Morgan fingerprint density at radius 2 is 1.94 bits per heavy atom. The van der Waals surface area contributed by atoms with Gasteiger partial charge in [-0.15, -0.1) is 0 Å². The lowest BCUT2D eigenvalue weighted by Crippen LogP contribution is -2.13. The summed E-state index contributed by atoms with van der Waals surface area (Å²) in [5, 5.41) is 2.76. The van der Waals surface area contributed by atoms with Crippen LogP contribution in [-0.4, -0.2) is 10.9 Å². The molecule has 0 aliphatic rings. The lowest BCUT2D eigenvalue weighted by molar-refractivity contribution is 0.102. The second-order valence-electron chi connectivity index (χ2n) is 3.81. The van der Waals surface area contributed by atoms with E-state index in [0.29, 0.717) is 23.5 Å². The number of nitrogens with one attached hydrogen (secondary N) is 1. The number of pyridine rings is 1. The lowest BCUT2D eigenvalue weighted by atomic mass is 10.1. The van der Waals surface area contributed by atoms with Crippen molar-refractivity contribution in [1.82, 2.24) is 4.98 Å². The fraction of sp³-hybridized carbons (Fsp3) is 0.0769. The van der Waals surface area contributed by atoms with E-state index >= 15 is 0 Å². The minimum Gasteiger partial charge on any atom is -0.398 e. The van der Waals surface area contributed by atoms with E-state index in [1.54, 1.807) is 42.7 Å². The number of nitrogen functional groups attached to an aromatic ring is 1. The maximum absolute atomic E-state index is 11.9. The highest BCUT2D eigenvalue weighted by Crippen LogP contribution is 2.15. The van der Waals surface area contributed by atoms with Gasteiger partial charge in [-0.1, -0.05) is 6.07 Å². The number of rotatable bonds is 3. The van der Waals surface area contributed by atoms with Crippen molar-refractivity contribution in [3.63, 3.8) is 0 Å². The van der Waals surface area contributed by atoms with Crippen LogP contribution in [0.5, 0.6) is 0 Å². The normalized spacial score (nSPS) is 10.1. The monoisotopic (exact) mass is 242 g/mol. The third kappa shape index (κ3) is 2.64. The van der Waals surface area contributed by atoms with Crippen LogP contribution in [0.1, 0.15) is 15.9 Å². The molecule has 0 saturated carbocycles. The number of hydrogen-bond donors (Lipinski definition) is 3. The molecule has 1 heterocycles. The molecule has 1 aromatic carbocycles. The van der Waals surface area contributed by atoms with Gasteiger partial charge in [0.2, 0.25) is 0 Å². The predicted octanol–water partition coefficient (Wildman–Crippen LogP) is 1.37. The van der Waals surface area contributed by atoms with E-state index in [1.165, 1.54) is 0 Å². The van der Waals surface area contributed by atoms with Crippen molar-refractivity contribution >= 4 is 17.3 Å². The molecule has 0 unspecified atom stereocenters. The van der Waals surface area contributed by atoms with Gasteiger partial charge < -0.3 is 16.8 Å². The third-order valence-electron chi connectivity index (χ3n) is 2.57. The number of benzene rings is 1. The summed E-state index contributed by atoms with van der Waals surface area (Å²) in [5.74, 6) is -0.212. The summed E-state index contributed by atoms with van der Waals surface area (Å²) in [4.78, 5) is 15.8. The molecule has 0 radical (unpaired) electrons. The number of amides is 1. The second kappa shape index (κ2) is 5.29. The van der Waals surface area contributed by atoms with Crippen LogP contribution < -0.4 is 16.8 Å². The number of hydrogen-bond acceptors (Lipinski definition) is 4. The Labute approximate surface area is 105 Å². The molecule has 5 N–H and O–H groups in total. The summed E-state index contributed by atoms with van der Waals surface area (Å²) in [6.45, 7) is 0.359. The van der Waals surface area contributed by atoms with Crippen LogP contribution in [0.25, 0.3) is 0 Å². The maximum Gasteiger partial charge on any atom is 0.255 e. The topological polar surface area (TPSA) is 94.0 Å². The van der Waals surface area contributed by atoms with Gasteiger partial charge in [0.05, 0.1) is 0 Å². The molecule has 0 aliphatic heterocycles. The van der Waals surface area contributed by atoms with Gasteiger partial charge >= 0.3 is 0 Å². The molecule has 2 rings (SSSR count). The fourth-order valence-corrected chi connectivity index (χ4v) is 1.56. The summed E-state index contributed by atoms with van der Waals surface area (Å²) in [5.41, 5.74) is 13.9. The van der Waals surface area contributed by atoms with E-state index in [0.717, 1.165) is 5.56 Å². The summed E-state index contributed by atoms with van der Waals surface area (Å²) in [6, 6.07) is 8.52. The molecule has 0 fully saturated rings. The largest absolute Gasteiger partial charge is 0.398 e. The Bertz CT molecular complexity index is 554. The van der Waals surface area contributed by atoms with Crippen LogP contribution in [0, 0.1) is 0 Å². The van der Waals surface area contributed by atoms with E-state index in [1.807, 2.05) is 0 Å². The molecule has 5 nitrogen and oxygen atoms in total. The Hall–Kier alpha value is -2.40. The first kappa shape index (κ1) is 12.1. The van der Waals surface area contributed by atoms with Gasteiger partial charge in [0.1, 0.15) is 0 Å². The van der Waals surface area contributed by atoms with Gasteiger partial charge in [-0.2, -0.15) is 0 Å². The number of nitrogens with zero attached hydrogens (tertiary/aromatic N) is 1. The molecule has 0 spiro atoms. The predicted molar refractivity (Wildman–Crippen MR) is 70.9 cm³/mol. The van der Waals surface area contributed by atoms with Crippen LogP contribution >= 0.6 is 0 Å². The van der Waals surface area contributed by atoms with Crippen molar-refractivity contribution in [2.75, 3.05) is 11.1 Å². The number of carbonyl (C=O) groups excluding carboxylic acids is 1. The molecule has 5 heteroatoms. The first-order chi connectivity index (χ1) is 8.70. The Morgan fingerprint density at radius 3 is 2.56 bits per heavy atom. The quantitative estimate of drug-likeness (QED) is 0.708. The van der Waals surface area contributed by atoms with Crippen molar-refractivity contribution in [2.45, 2.75) is 6.54 Å². The van der Waals surface area contributed by atoms with Crippen LogP contribution in [0.4, 0.5) is 11.4 Å². The molecule has 1 amide bonds. The Morgan fingerprint density at radius 1 is 1.22 bits per heavy atom. The van der Waals surface area contributed by atoms with Gasteiger partial charge in [-0.3, -0.25) is 9.78 Å². The van der Waals surface area contributed by atoms with Crippen molar-refractivity contribution in [3.8, 4) is 0 Å².